The number of hydrogen-bond donors (Lipinski definition) is 5. The molecule has 0 aromatic heterocycles. The molecular formula is C14H22N2O4. The maximum absolute atomic E-state index is 11.7. The van der Waals surface area contributed by atoms with Gasteiger partial charge in [0, 0.05) is 6.54 Å². The van der Waals surface area contributed by atoms with Crippen LogP contribution in [0.25, 0.3) is 0 Å². The second-order valence-corrected chi connectivity index (χ2v) is 4.82. The van der Waals surface area contributed by atoms with Gasteiger partial charge in [-0.2, -0.15) is 0 Å². The van der Waals surface area contributed by atoms with Crippen molar-refractivity contribution in [3.05, 3.63) is 23.8 Å². The van der Waals surface area contributed by atoms with Crippen molar-refractivity contribution in [2.75, 3.05) is 6.54 Å². The van der Waals surface area contributed by atoms with Gasteiger partial charge in [0.25, 0.3) is 0 Å². The number of aromatic hydroxyl groups is 2. The molecular weight excluding hydrogens is 260 g/mol. The highest BCUT2D eigenvalue weighted by Crippen LogP contribution is 2.25. The molecule has 6 N–H and O–H groups in total. The standard InChI is InChI=1S/C14H22N2O4/c1-2-3-10(17)8-16-14(20)11(15)6-9-4-5-12(18)13(19)7-9/h4-5,7,10-11,17-19H,2-3,6,8,15H2,1H3,(H,16,20)/t10?,11-/m0/s1. The Bertz CT molecular complexity index is 451. The van der Waals surface area contributed by atoms with Crippen LogP contribution < -0.4 is 11.1 Å². The summed E-state index contributed by atoms with van der Waals surface area (Å²) in [5, 5.41) is 30.7. The lowest BCUT2D eigenvalue weighted by atomic mass is 10.1. The normalized spacial score (nSPS) is 13.8. The van der Waals surface area contributed by atoms with E-state index in [9.17, 15) is 20.1 Å². The number of carbonyl (C=O) groups is 1. The van der Waals surface area contributed by atoms with Gasteiger partial charge in [0.1, 0.15) is 0 Å². The Labute approximate surface area is 118 Å². The third-order valence-electron chi connectivity index (χ3n) is 2.97. The monoisotopic (exact) mass is 282 g/mol. The zero-order chi connectivity index (χ0) is 15.1. The lowest BCUT2D eigenvalue weighted by Crippen LogP contribution is -2.44. The number of phenols is 2. The molecule has 0 heterocycles. The SMILES string of the molecule is CCCC(O)CNC(=O)[C@@H](N)Cc1ccc(O)c(O)c1. The van der Waals surface area contributed by atoms with Crippen LogP contribution >= 0.6 is 0 Å². The van der Waals surface area contributed by atoms with E-state index in [-0.39, 0.29) is 30.4 Å². The molecule has 0 bridgehead atoms. The molecule has 20 heavy (non-hydrogen) atoms. The molecule has 0 aliphatic rings. The van der Waals surface area contributed by atoms with Crippen molar-refractivity contribution in [1.29, 1.82) is 0 Å². The molecule has 1 aromatic rings. The van der Waals surface area contributed by atoms with Crippen LogP contribution in [0.5, 0.6) is 11.5 Å². The van der Waals surface area contributed by atoms with Crippen LogP contribution in [0, 0.1) is 0 Å². The predicted molar refractivity (Wildman–Crippen MR) is 75.4 cm³/mol. The number of benzene rings is 1. The summed E-state index contributed by atoms with van der Waals surface area (Å²) in [7, 11) is 0. The van der Waals surface area contributed by atoms with Crippen LogP contribution in [0.4, 0.5) is 0 Å². The van der Waals surface area contributed by atoms with Crippen LogP contribution in [0.2, 0.25) is 0 Å². The number of rotatable bonds is 7. The maximum atomic E-state index is 11.7. The minimum atomic E-state index is -0.771. The van der Waals surface area contributed by atoms with Gasteiger partial charge in [-0.15, -0.1) is 0 Å². The second kappa shape index (κ2) is 7.72. The van der Waals surface area contributed by atoms with E-state index in [1.165, 1.54) is 12.1 Å². The molecule has 0 saturated heterocycles. The quantitative estimate of drug-likeness (QED) is 0.460. The Morgan fingerprint density at radius 2 is 2.05 bits per heavy atom. The summed E-state index contributed by atoms with van der Waals surface area (Å²) in [4.78, 5) is 11.7. The fourth-order valence-corrected chi connectivity index (χ4v) is 1.83. The van der Waals surface area contributed by atoms with Gasteiger partial charge in [0.05, 0.1) is 12.1 Å². The van der Waals surface area contributed by atoms with Gasteiger partial charge in [0.15, 0.2) is 11.5 Å². The molecule has 0 spiro atoms. The average Bonchev–Trinajstić information content (AvgIpc) is 2.40. The third-order valence-corrected chi connectivity index (χ3v) is 2.97. The van der Waals surface area contributed by atoms with Gasteiger partial charge in [-0.3, -0.25) is 4.79 Å². The minimum Gasteiger partial charge on any atom is -0.504 e. The highest BCUT2D eigenvalue weighted by Gasteiger charge is 2.15. The van der Waals surface area contributed by atoms with Crippen LogP contribution in [0.3, 0.4) is 0 Å². The second-order valence-electron chi connectivity index (χ2n) is 4.82. The Morgan fingerprint density at radius 3 is 2.65 bits per heavy atom. The summed E-state index contributed by atoms with van der Waals surface area (Å²) in [6.07, 6.45) is 1.15. The van der Waals surface area contributed by atoms with Crippen LogP contribution in [0.1, 0.15) is 25.3 Å². The number of hydrogen-bond acceptors (Lipinski definition) is 5. The molecule has 1 aromatic carbocycles. The van der Waals surface area contributed by atoms with Gasteiger partial charge < -0.3 is 26.4 Å². The topological polar surface area (TPSA) is 116 Å². The zero-order valence-electron chi connectivity index (χ0n) is 11.5. The van der Waals surface area contributed by atoms with Gasteiger partial charge in [-0.05, 0) is 30.5 Å². The maximum Gasteiger partial charge on any atom is 0.237 e. The molecule has 1 amide bonds. The molecule has 6 heteroatoms. The lowest BCUT2D eigenvalue weighted by Gasteiger charge is -2.15. The summed E-state index contributed by atoms with van der Waals surface area (Å²) in [5.41, 5.74) is 6.41. The van der Waals surface area contributed by atoms with E-state index in [1.54, 1.807) is 6.07 Å². The van der Waals surface area contributed by atoms with E-state index in [0.29, 0.717) is 12.0 Å². The molecule has 0 fully saturated rings. The fraction of sp³-hybridized carbons (Fsp3) is 0.500. The van der Waals surface area contributed by atoms with Crippen molar-refractivity contribution in [2.45, 2.75) is 38.3 Å². The highest BCUT2D eigenvalue weighted by atomic mass is 16.3. The van der Waals surface area contributed by atoms with Gasteiger partial charge in [0.2, 0.25) is 5.91 Å². The van der Waals surface area contributed by atoms with Crippen LogP contribution in [0.15, 0.2) is 18.2 Å². The summed E-state index contributed by atoms with van der Waals surface area (Å²) >= 11 is 0. The number of aliphatic hydroxyl groups is 1. The Morgan fingerprint density at radius 1 is 1.35 bits per heavy atom. The summed E-state index contributed by atoms with van der Waals surface area (Å²) < 4.78 is 0. The van der Waals surface area contributed by atoms with E-state index in [2.05, 4.69) is 5.32 Å². The number of nitrogens with two attached hydrogens (primary N) is 1. The molecule has 0 radical (unpaired) electrons. The van der Waals surface area contributed by atoms with Crippen molar-refractivity contribution in [3.63, 3.8) is 0 Å². The molecule has 0 saturated carbocycles. The molecule has 6 nitrogen and oxygen atoms in total. The first-order valence-corrected chi connectivity index (χ1v) is 6.66. The summed E-state index contributed by atoms with van der Waals surface area (Å²) in [6.45, 7) is 2.13. The van der Waals surface area contributed by atoms with Gasteiger partial charge in [-0.25, -0.2) is 0 Å². The molecule has 0 aliphatic heterocycles. The molecule has 0 aliphatic carbocycles. The third kappa shape index (κ3) is 5.07. The first kappa shape index (κ1) is 16.3. The van der Waals surface area contributed by atoms with Crippen LogP contribution in [-0.2, 0) is 11.2 Å². The van der Waals surface area contributed by atoms with Crippen molar-refractivity contribution in [2.24, 2.45) is 5.73 Å². The Balaban J connectivity index is 2.46. The molecule has 1 unspecified atom stereocenters. The number of aliphatic hydroxyl groups excluding tert-OH is 1. The summed E-state index contributed by atoms with van der Waals surface area (Å²) in [6, 6.07) is 3.54. The van der Waals surface area contributed by atoms with Crippen LogP contribution in [-0.4, -0.2) is 39.9 Å². The van der Waals surface area contributed by atoms with E-state index < -0.39 is 12.1 Å². The lowest BCUT2D eigenvalue weighted by molar-refractivity contribution is -0.122. The predicted octanol–water partition coefficient (Wildman–Crippen LogP) is 0.245. The largest absolute Gasteiger partial charge is 0.504 e. The van der Waals surface area contributed by atoms with E-state index in [0.717, 1.165) is 6.42 Å². The minimum absolute atomic E-state index is 0.182. The Hall–Kier alpha value is -1.79. The smallest absolute Gasteiger partial charge is 0.237 e. The summed E-state index contributed by atoms with van der Waals surface area (Å²) in [5.74, 6) is -0.810. The van der Waals surface area contributed by atoms with Gasteiger partial charge >= 0.3 is 0 Å². The molecule has 2 atom stereocenters. The van der Waals surface area contributed by atoms with Crippen molar-refractivity contribution >= 4 is 5.91 Å². The Kier molecular flexibility index (Phi) is 6.27. The number of nitrogens with one attached hydrogen (secondary N) is 1. The van der Waals surface area contributed by atoms with Crippen molar-refractivity contribution in [3.8, 4) is 11.5 Å². The molecule has 112 valence electrons. The average molecular weight is 282 g/mol. The number of phenolic OH excluding ortho intramolecular Hbond substituents is 2. The first-order chi connectivity index (χ1) is 9.43. The van der Waals surface area contributed by atoms with E-state index in [1.807, 2.05) is 6.92 Å². The van der Waals surface area contributed by atoms with E-state index in [4.69, 9.17) is 5.73 Å². The highest BCUT2D eigenvalue weighted by molar-refractivity contribution is 5.81. The van der Waals surface area contributed by atoms with Crippen molar-refractivity contribution in [1.82, 2.24) is 5.32 Å². The fourth-order valence-electron chi connectivity index (χ4n) is 1.83. The van der Waals surface area contributed by atoms with Crippen molar-refractivity contribution < 1.29 is 20.1 Å². The van der Waals surface area contributed by atoms with E-state index >= 15 is 0 Å². The zero-order valence-corrected chi connectivity index (χ0v) is 11.5. The first-order valence-electron chi connectivity index (χ1n) is 6.66. The number of amides is 1. The molecule has 1 rings (SSSR count). The number of carbonyl (C=O) groups excluding carboxylic acids is 1. The van der Waals surface area contributed by atoms with Gasteiger partial charge in [-0.1, -0.05) is 19.4 Å².